The van der Waals surface area contributed by atoms with Gasteiger partial charge in [-0.05, 0) is 0 Å². The minimum Gasteiger partial charge on any atom is -0.467 e. The molecule has 62 valence electrons. The Hall–Kier alpha value is -1.10. The monoisotopic (exact) mass is 158 g/mol. The summed E-state index contributed by atoms with van der Waals surface area (Å²) in [6, 6.07) is -0.718. The first kappa shape index (κ1) is 8.00. The minimum absolute atomic E-state index is 0.382. The molecule has 1 aliphatic heterocycles. The molecular formula is C6H10N2O3. The Morgan fingerprint density at radius 2 is 2.64 bits per heavy atom. The lowest BCUT2D eigenvalue weighted by Crippen LogP contribution is -2.47. The molecule has 0 spiro atoms. The van der Waals surface area contributed by atoms with Crippen molar-refractivity contribution >= 4 is 12.2 Å². The van der Waals surface area contributed by atoms with Gasteiger partial charge in [0, 0.05) is 12.6 Å². The molecule has 11 heavy (non-hydrogen) atoms. The Kier molecular flexibility index (Phi) is 2.43. The van der Waals surface area contributed by atoms with Crippen LogP contribution in [0.25, 0.3) is 0 Å². The van der Waals surface area contributed by atoms with Crippen LogP contribution in [0.4, 0.5) is 0 Å². The highest BCUT2D eigenvalue weighted by atomic mass is 16.5. The van der Waals surface area contributed by atoms with Gasteiger partial charge < -0.3 is 9.84 Å². The summed E-state index contributed by atoms with van der Waals surface area (Å²) in [7, 11) is 1.27. The molecule has 1 rings (SSSR count). The highest BCUT2D eigenvalue weighted by molar-refractivity contribution is 5.78. The van der Waals surface area contributed by atoms with E-state index in [2.05, 4.69) is 15.3 Å². The zero-order valence-corrected chi connectivity index (χ0v) is 6.15. The summed E-state index contributed by atoms with van der Waals surface area (Å²) in [6.45, 7) is 0. The van der Waals surface area contributed by atoms with Crippen LogP contribution < -0.4 is 5.43 Å². The van der Waals surface area contributed by atoms with Crippen molar-refractivity contribution in [3.05, 3.63) is 0 Å². The van der Waals surface area contributed by atoms with E-state index in [9.17, 15) is 9.90 Å². The molecule has 0 aromatic heterocycles. The number of methoxy groups -OCH3 is 1. The molecule has 1 aliphatic rings. The van der Waals surface area contributed by atoms with E-state index < -0.39 is 18.1 Å². The van der Waals surface area contributed by atoms with Gasteiger partial charge in [0.25, 0.3) is 0 Å². The Morgan fingerprint density at radius 3 is 3.18 bits per heavy atom. The Morgan fingerprint density at radius 1 is 1.91 bits per heavy atom. The zero-order valence-electron chi connectivity index (χ0n) is 6.15. The molecule has 0 aromatic rings. The second kappa shape index (κ2) is 3.34. The van der Waals surface area contributed by atoms with Crippen LogP contribution in [-0.2, 0) is 9.53 Å². The number of hydrogen-bond donors (Lipinski definition) is 2. The summed E-state index contributed by atoms with van der Waals surface area (Å²) in [6.07, 6.45) is 1.16. The van der Waals surface area contributed by atoms with Crippen molar-refractivity contribution in [1.29, 1.82) is 0 Å². The van der Waals surface area contributed by atoms with Crippen molar-refractivity contribution in [1.82, 2.24) is 5.43 Å². The maximum absolute atomic E-state index is 10.9. The number of hydrogen-bond acceptors (Lipinski definition) is 5. The van der Waals surface area contributed by atoms with Crippen molar-refractivity contribution in [2.24, 2.45) is 5.10 Å². The van der Waals surface area contributed by atoms with Crippen molar-refractivity contribution in [3.63, 3.8) is 0 Å². The summed E-state index contributed by atoms with van der Waals surface area (Å²) in [5, 5.41) is 12.9. The van der Waals surface area contributed by atoms with Gasteiger partial charge >= 0.3 is 5.97 Å². The van der Waals surface area contributed by atoms with Crippen molar-refractivity contribution in [2.45, 2.75) is 18.6 Å². The molecule has 0 bridgehead atoms. The van der Waals surface area contributed by atoms with Crippen LogP contribution >= 0.6 is 0 Å². The number of ether oxygens (including phenoxy) is 1. The van der Waals surface area contributed by atoms with Crippen LogP contribution in [-0.4, -0.2) is 36.5 Å². The SMILES string of the molecule is COC(=O)[C@@H]1NN=CC[C@H]1O. The summed E-state index contributed by atoms with van der Waals surface area (Å²) in [5.41, 5.74) is 2.46. The van der Waals surface area contributed by atoms with E-state index in [1.54, 1.807) is 0 Å². The Balaban J connectivity index is 2.56. The van der Waals surface area contributed by atoms with Crippen LogP contribution in [0.2, 0.25) is 0 Å². The summed E-state index contributed by atoms with van der Waals surface area (Å²) >= 11 is 0. The predicted molar refractivity (Wildman–Crippen MR) is 38.1 cm³/mol. The van der Waals surface area contributed by atoms with Gasteiger partial charge in [-0.1, -0.05) is 0 Å². The number of nitrogens with one attached hydrogen (secondary N) is 1. The van der Waals surface area contributed by atoms with E-state index in [4.69, 9.17) is 0 Å². The van der Waals surface area contributed by atoms with E-state index in [0.717, 1.165) is 0 Å². The maximum Gasteiger partial charge on any atom is 0.332 e. The third-order valence-corrected chi connectivity index (χ3v) is 1.49. The van der Waals surface area contributed by atoms with Crippen molar-refractivity contribution in [3.8, 4) is 0 Å². The number of carbonyl (C=O) groups excluding carboxylic acids is 1. The van der Waals surface area contributed by atoms with E-state index in [0.29, 0.717) is 6.42 Å². The second-order valence-corrected chi connectivity index (χ2v) is 2.24. The minimum atomic E-state index is -0.736. The fraction of sp³-hybridized carbons (Fsp3) is 0.667. The summed E-state index contributed by atoms with van der Waals surface area (Å²) in [4.78, 5) is 10.9. The van der Waals surface area contributed by atoms with Gasteiger partial charge in [-0.15, -0.1) is 0 Å². The van der Waals surface area contributed by atoms with Gasteiger partial charge in [-0.3, -0.25) is 5.43 Å². The van der Waals surface area contributed by atoms with Crippen LogP contribution in [0.5, 0.6) is 0 Å². The van der Waals surface area contributed by atoms with Crippen LogP contribution in [0, 0.1) is 0 Å². The lowest BCUT2D eigenvalue weighted by molar-refractivity contribution is -0.146. The number of aliphatic hydroxyl groups is 1. The summed E-state index contributed by atoms with van der Waals surface area (Å²) in [5.74, 6) is -0.491. The smallest absolute Gasteiger partial charge is 0.332 e. The molecule has 2 atom stereocenters. The van der Waals surface area contributed by atoms with Gasteiger partial charge in [0.1, 0.15) is 0 Å². The normalized spacial score (nSPS) is 29.3. The highest BCUT2D eigenvalue weighted by Crippen LogP contribution is 2.03. The molecule has 0 saturated carbocycles. The average Bonchev–Trinajstić information content (AvgIpc) is 2.04. The van der Waals surface area contributed by atoms with Crippen molar-refractivity contribution < 1.29 is 14.6 Å². The first-order valence-electron chi connectivity index (χ1n) is 3.28. The van der Waals surface area contributed by atoms with Gasteiger partial charge in [0.05, 0.1) is 13.2 Å². The number of nitrogens with zero attached hydrogens (tertiary/aromatic N) is 1. The lowest BCUT2D eigenvalue weighted by Gasteiger charge is -2.21. The third-order valence-electron chi connectivity index (χ3n) is 1.49. The number of hydrazone groups is 1. The van der Waals surface area contributed by atoms with Gasteiger partial charge in [-0.25, -0.2) is 4.79 Å². The number of rotatable bonds is 1. The Labute approximate surface area is 64.0 Å². The average molecular weight is 158 g/mol. The molecule has 5 nitrogen and oxygen atoms in total. The zero-order chi connectivity index (χ0) is 8.27. The number of aliphatic hydroxyl groups excluding tert-OH is 1. The molecule has 1 heterocycles. The molecular weight excluding hydrogens is 148 g/mol. The Bertz CT molecular complexity index is 181. The predicted octanol–water partition coefficient (Wildman–Crippen LogP) is -1.13. The number of esters is 1. The van der Waals surface area contributed by atoms with E-state index in [1.165, 1.54) is 13.3 Å². The van der Waals surface area contributed by atoms with Crippen LogP contribution in [0.3, 0.4) is 0 Å². The maximum atomic E-state index is 10.9. The molecule has 5 heteroatoms. The van der Waals surface area contributed by atoms with E-state index >= 15 is 0 Å². The molecule has 0 aliphatic carbocycles. The third kappa shape index (κ3) is 1.68. The molecule has 0 aromatic carbocycles. The molecule has 0 radical (unpaired) electrons. The molecule has 0 fully saturated rings. The fourth-order valence-corrected chi connectivity index (χ4v) is 0.853. The second-order valence-electron chi connectivity index (χ2n) is 2.24. The first-order chi connectivity index (χ1) is 5.25. The van der Waals surface area contributed by atoms with Gasteiger partial charge in [-0.2, -0.15) is 5.10 Å². The summed E-state index contributed by atoms with van der Waals surface area (Å²) < 4.78 is 4.42. The molecule has 2 N–H and O–H groups in total. The standard InChI is InChI=1S/C6H10N2O3/c1-11-6(10)5-4(9)2-3-7-8-5/h3-5,8-9H,2H2,1H3/t4-,5-/m1/s1. The fourth-order valence-electron chi connectivity index (χ4n) is 0.853. The van der Waals surface area contributed by atoms with Crippen LogP contribution in [0.15, 0.2) is 5.10 Å². The molecule has 0 unspecified atom stereocenters. The van der Waals surface area contributed by atoms with E-state index in [-0.39, 0.29) is 0 Å². The first-order valence-corrected chi connectivity index (χ1v) is 3.28. The molecule has 0 saturated heterocycles. The largest absolute Gasteiger partial charge is 0.467 e. The quantitative estimate of drug-likeness (QED) is 0.473. The van der Waals surface area contributed by atoms with Gasteiger partial charge in [0.15, 0.2) is 6.04 Å². The topological polar surface area (TPSA) is 70.9 Å². The highest BCUT2D eigenvalue weighted by Gasteiger charge is 2.28. The van der Waals surface area contributed by atoms with Crippen LogP contribution in [0.1, 0.15) is 6.42 Å². The molecule has 0 amide bonds. The van der Waals surface area contributed by atoms with E-state index in [1.807, 2.05) is 0 Å². The number of carbonyl (C=O) groups is 1. The van der Waals surface area contributed by atoms with Gasteiger partial charge in [0.2, 0.25) is 0 Å². The lowest BCUT2D eigenvalue weighted by atomic mass is 10.1. The van der Waals surface area contributed by atoms with Crippen molar-refractivity contribution in [2.75, 3.05) is 7.11 Å².